The number of esters is 1. The van der Waals surface area contributed by atoms with Crippen molar-refractivity contribution < 1.29 is 9.53 Å². The average molecular weight is 489 g/mol. The van der Waals surface area contributed by atoms with Crippen molar-refractivity contribution >= 4 is 34.4 Å². The molecule has 1 unspecified atom stereocenters. The number of nitrogens with zero attached hydrogens (tertiary/aromatic N) is 4. The van der Waals surface area contributed by atoms with Crippen molar-refractivity contribution in [3.8, 4) is 0 Å². The number of carbonyl (C=O) groups excluding carboxylic acids is 1. The zero-order valence-corrected chi connectivity index (χ0v) is 20.6. The normalized spacial score (nSPS) is 15.9. The molecule has 35 heavy (non-hydrogen) atoms. The minimum Gasteiger partial charge on any atom is -0.463 e. The Morgan fingerprint density at radius 2 is 1.80 bits per heavy atom. The van der Waals surface area contributed by atoms with E-state index in [0.717, 1.165) is 22.2 Å². The van der Waals surface area contributed by atoms with E-state index in [1.807, 2.05) is 48.5 Å². The van der Waals surface area contributed by atoms with Crippen LogP contribution >= 0.6 is 11.3 Å². The first-order valence-corrected chi connectivity index (χ1v) is 12.0. The maximum Gasteiger partial charge on any atom is 0.338 e. The Bertz CT molecular complexity index is 1750. The monoisotopic (exact) mass is 488 g/mol. The van der Waals surface area contributed by atoms with Crippen molar-refractivity contribution in [2.45, 2.75) is 19.9 Å². The summed E-state index contributed by atoms with van der Waals surface area (Å²) >= 11 is 1.27. The maximum atomic E-state index is 13.7. The van der Waals surface area contributed by atoms with Gasteiger partial charge in [0.05, 0.1) is 39.5 Å². The zero-order valence-electron chi connectivity index (χ0n) is 19.8. The van der Waals surface area contributed by atoms with Crippen molar-refractivity contribution in [3.05, 3.63) is 101 Å². The molecular weight excluding hydrogens is 464 g/mol. The first-order chi connectivity index (χ1) is 16.8. The second kappa shape index (κ2) is 8.66. The van der Waals surface area contributed by atoms with Gasteiger partial charge in [0.25, 0.3) is 5.56 Å². The predicted octanol–water partition coefficient (Wildman–Crippen LogP) is 1.99. The molecule has 0 aliphatic carbocycles. The van der Waals surface area contributed by atoms with Gasteiger partial charge in [0.1, 0.15) is 0 Å². The quantitative estimate of drug-likeness (QED) is 0.411. The van der Waals surface area contributed by atoms with Gasteiger partial charge < -0.3 is 4.74 Å². The Kier molecular flexibility index (Phi) is 5.64. The molecular formula is C26H24N4O4S. The second-order valence-electron chi connectivity index (χ2n) is 8.36. The Morgan fingerprint density at radius 3 is 2.51 bits per heavy atom. The van der Waals surface area contributed by atoms with Crippen LogP contribution in [0, 0.1) is 0 Å². The molecule has 0 saturated carbocycles. The number of benzene rings is 2. The summed E-state index contributed by atoms with van der Waals surface area (Å²) in [6.07, 6.45) is 1.80. The Labute approximate surface area is 204 Å². The van der Waals surface area contributed by atoms with Crippen molar-refractivity contribution in [2.24, 2.45) is 19.1 Å². The number of thiazole rings is 1. The number of aromatic nitrogens is 3. The van der Waals surface area contributed by atoms with E-state index in [9.17, 15) is 14.4 Å². The lowest BCUT2D eigenvalue weighted by atomic mass is 9.96. The van der Waals surface area contributed by atoms with Crippen LogP contribution in [0.3, 0.4) is 0 Å². The molecule has 0 radical (unpaired) electrons. The third-order valence-electron chi connectivity index (χ3n) is 6.23. The molecule has 8 nitrogen and oxygen atoms in total. The van der Waals surface area contributed by atoms with E-state index in [2.05, 4.69) is 4.99 Å². The first-order valence-electron chi connectivity index (χ1n) is 11.2. The lowest BCUT2D eigenvalue weighted by molar-refractivity contribution is -0.139. The summed E-state index contributed by atoms with van der Waals surface area (Å²) in [5.41, 5.74) is 3.74. The number of hydrogen-bond acceptors (Lipinski definition) is 6. The third kappa shape index (κ3) is 3.68. The van der Waals surface area contributed by atoms with E-state index in [-0.39, 0.29) is 17.9 Å². The minimum absolute atomic E-state index is 0.110. The van der Waals surface area contributed by atoms with Gasteiger partial charge in [0, 0.05) is 14.1 Å². The highest BCUT2D eigenvalue weighted by Crippen LogP contribution is 2.30. The highest BCUT2D eigenvalue weighted by Gasteiger charge is 2.33. The summed E-state index contributed by atoms with van der Waals surface area (Å²) in [6, 6.07) is 14.4. The molecule has 0 spiro atoms. The molecule has 0 fully saturated rings. The average Bonchev–Trinajstić information content (AvgIpc) is 3.26. The molecule has 0 bridgehead atoms. The number of carbonyl (C=O) groups is 1. The van der Waals surface area contributed by atoms with E-state index in [1.165, 1.54) is 11.3 Å². The van der Waals surface area contributed by atoms with Gasteiger partial charge in [-0.1, -0.05) is 47.7 Å². The van der Waals surface area contributed by atoms with Gasteiger partial charge in [-0.05, 0) is 43.2 Å². The van der Waals surface area contributed by atoms with E-state index >= 15 is 0 Å². The minimum atomic E-state index is -0.633. The van der Waals surface area contributed by atoms with Crippen molar-refractivity contribution in [1.29, 1.82) is 0 Å². The third-order valence-corrected chi connectivity index (χ3v) is 7.21. The molecule has 0 saturated heterocycles. The van der Waals surface area contributed by atoms with Crippen LogP contribution in [-0.4, -0.2) is 26.3 Å². The lowest BCUT2D eigenvalue weighted by Crippen LogP contribution is -2.39. The van der Waals surface area contributed by atoms with Gasteiger partial charge in [0.15, 0.2) is 4.80 Å². The molecule has 0 N–H and O–H groups in total. The first kappa shape index (κ1) is 22.8. The standard InChI is InChI=1S/C26H24N4O4S/c1-5-34-24(32)21-15(2)27-25-30(22(21)17-9-7-6-8-10-17)23(31)20(35-25)14-16-11-12-18-19(13-16)29(4)26(33)28(18)3/h6-14,22H,5H2,1-4H3. The summed E-state index contributed by atoms with van der Waals surface area (Å²) in [4.78, 5) is 44.0. The fraction of sp³-hybridized carbons (Fsp3) is 0.231. The maximum absolute atomic E-state index is 13.7. The zero-order chi connectivity index (χ0) is 24.9. The van der Waals surface area contributed by atoms with E-state index in [1.54, 1.807) is 47.7 Å². The smallest absolute Gasteiger partial charge is 0.338 e. The molecule has 4 aromatic rings. The lowest BCUT2D eigenvalue weighted by Gasteiger charge is -2.24. The molecule has 9 heteroatoms. The molecule has 3 heterocycles. The van der Waals surface area contributed by atoms with Crippen LogP contribution in [0.1, 0.15) is 31.0 Å². The Balaban J connectivity index is 1.72. The summed E-state index contributed by atoms with van der Waals surface area (Å²) in [5, 5.41) is 0. The molecule has 0 amide bonds. The second-order valence-corrected chi connectivity index (χ2v) is 9.37. The van der Waals surface area contributed by atoms with Crippen LogP contribution < -0.4 is 20.6 Å². The number of ether oxygens (including phenoxy) is 1. The van der Waals surface area contributed by atoms with Gasteiger partial charge in [0.2, 0.25) is 0 Å². The Morgan fingerprint density at radius 1 is 1.09 bits per heavy atom. The molecule has 1 aliphatic rings. The summed E-state index contributed by atoms with van der Waals surface area (Å²) in [7, 11) is 3.46. The van der Waals surface area contributed by atoms with Gasteiger partial charge in [-0.3, -0.25) is 18.5 Å². The van der Waals surface area contributed by atoms with Crippen LogP contribution in [0.15, 0.2) is 74.4 Å². The number of rotatable bonds is 4. The van der Waals surface area contributed by atoms with E-state index in [0.29, 0.717) is 20.6 Å². The summed E-state index contributed by atoms with van der Waals surface area (Å²) in [6.45, 7) is 3.75. The van der Waals surface area contributed by atoms with E-state index in [4.69, 9.17) is 4.74 Å². The molecule has 1 aliphatic heterocycles. The van der Waals surface area contributed by atoms with Gasteiger partial charge in [-0.15, -0.1) is 0 Å². The van der Waals surface area contributed by atoms with E-state index < -0.39 is 12.0 Å². The largest absolute Gasteiger partial charge is 0.463 e. The van der Waals surface area contributed by atoms with Crippen LogP contribution in [0.4, 0.5) is 0 Å². The van der Waals surface area contributed by atoms with Crippen LogP contribution in [-0.2, 0) is 23.6 Å². The Hall–Kier alpha value is -3.98. The van der Waals surface area contributed by atoms with Crippen LogP contribution in [0.2, 0.25) is 0 Å². The van der Waals surface area contributed by atoms with Crippen LogP contribution in [0.5, 0.6) is 0 Å². The molecule has 2 aromatic carbocycles. The van der Waals surface area contributed by atoms with Gasteiger partial charge in [-0.2, -0.15) is 0 Å². The fourth-order valence-corrected chi connectivity index (χ4v) is 5.55. The summed E-state index contributed by atoms with van der Waals surface area (Å²) in [5.74, 6) is -0.479. The van der Waals surface area contributed by atoms with Crippen molar-refractivity contribution in [1.82, 2.24) is 13.7 Å². The highest BCUT2D eigenvalue weighted by atomic mass is 32.1. The SMILES string of the molecule is CCOC(=O)C1=C(C)N=c2sc(=Cc3ccc4c(c3)n(C)c(=O)n4C)c(=O)n2C1c1ccccc1. The number of imidazole rings is 1. The highest BCUT2D eigenvalue weighted by molar-refractivity contribution is 7.07. The number of allylic oxidation sites excluding steroid dienone is 1. The van der Waals surface area contributed by atoms with Crippen molar-refractivity contribution in [3.63, 3.8) is 0 Å². The number of fused-ring (bicyclic) bond motifs is 2. The molecule has 1 atom stereocenters. The van der Waals surface area contributed by atoms with Gasteiger partial charge in [-0.25, -0.2) is 14.6 Å². The molecule has 5 rings (SSSR count). The topological polar surface area (TPSA) is 87.6 Å². The number of aryl methyl sites for hydroxylation is 2. The predicted molar refractivity (Wildman–Crippen MR) is 135 cm³/mol. The summed E-state index contributed by atoms with van der Waals surface area (Å²) < 4.78 is 10.6. The van der Waals surface area contributed by atoms with Crippen molar-refractivity contribution in [2.75, 3.05) is 6.61 Å². The molecule has 178 valence electrons. The van der Waals surface area contributed by atoms with Crippen LogP contribution in [0.25, 0.3) is 17.1 Å². The van der Waals surface area contributed by atoms with Gasteiger partial charge >= 0.3 is 11.7 Å². The number of hydrogen-bond donors (Lipinski definition) is 0. The molecule has 2 aromatic heterocycles. The fourth-order valence-electron chi connectivity index (χ4n) is 4.51.